The predicted molar refractivity (Wildman–Crippen MR) is 109 cm³/mol. The second-order valence-electron chi connectivity index (χ2n) is 8.92. The summed E-state index contributed by atoms with van der Waals surface area (Å²) < 4.78 is 1.87. The molecule has 4 rings (SSSR count). The summed E-state index contributed by atoms with van der Waals surface area (Å²) in [4.78, 5) is 17.6. The fraction of sp³-hybridized carbons (Fsp3) is 0.524. The number of quaternary nitrogens is 1. The molecule has 0 saturated carbocycles. The third-order valence-corrected chi connectivity index (χ3v) is 5.63. The standard InChI is InChI=1S/C21H28N6O/c1-14-8-9-17-15(12-14)13-16(20(28)22-17)18(26-10-6-5-7-11-26)19-23-24-25-27(19)21(2,3)4/h8-9,12-13,18H,5-7,10-11H2,1-4H3,(H,22,28)/p+1/t18-/m0/s1. The third-order valence-electron chi connectivity index (χ3n) is 5.63. The number of H-pyrrole nitrogens is 1. The molecule has 1 fully saturated rings. The summed E-state index contributed by atoms with van der Waals surface area (Å²) >= 11 is 0. The Bertz CT molecular complexity index is 1040. The van der Waals surface area contributed by atoms with Gasteiger partial charge in [-0.05, 0) is 81.0 Å². The number of benzene rings is 1. The molecule has 0 bridgehead atoms. The fourth-order valence-corrected chi connectivity index (χ4v) is 4.25. The predicted octanol–water partition coefficient (Wildman–Crippen LogP) is 1.74. The lowest BCUT2D eigenvalue weighted by Crippen LogP contribution is -3.13. The lowest BCUT2D eigenvalue weighted by molar-refractivity contribution is -0.931. The summed E-state index contributed by atoms with van der Waals surface area (Å²) in [5, 5.41) is 13.7. The number of likely N-dealkylation sites (tertiary alicyclic amines) is 1. The Hall–Kier alpha value is -2.54. The molecule has 1 aliphatic heterocycles. The number of hydrogen-bond donors (Lipinski definition) is 2. The number of piperidine rings is 1. The van der Waals surface area contributed by atoms with Crippen LogP contribution >= 0.6 is 0 Å². The number of nitrogens with one attached hydrogen (secondary N) is 2. The quantitative estimate of drug-likeness (QED) is 0.724. The molecule has 148 valence electrons. The van der Waals surface area contributed by atoms with E-state index in [2.05, 4.69) is 54.3 Å². The minimum absolute atomic E-state index is 0.0529. The maximum atomic E-state index is 13.1. The minimum atomic E-state index is -0.257. The van der Waals surface area contributed by atoms with Crippen LogP contribution in [0, 0.1) is 6.92 Å². The van der Waals surface area contributed by atoms with Gasteiger partial charge in [0.05, 0.1) is 24.2 Å². The highest BCUT2D eigenvalue weighted by atomic mass is 16.1. The van der Waals surface area contributed by atoms with Gasteiger partial charge in [0.25, 0.3) is 5.56 Å². The van der Waals surface area contributed by atoms with Crippen LogP contribution in [0.25, 0.3) is 10.9 Å². The zero-order valence-electron chi connectivity index (χ0n) is 17.1. The first-order valence-corrected chi connectivity index (χ1v) is 10.1. The van der Waals surface area contributed by atoms with E-state index in [-0.39, 0.29) is 17.1 Å². The number of rotatable bonds is 3. The summed E-state index contributed by atoms with van der Waals surface area (Å²) in [6, 6.07) is 7.96. The van der Waals surface area contributed by atoms with Gasteiger partial charge in [-0.2, -0.15) is 0 Å². The summed E-state index contributed by atoms with van der Waals surface area (Å²) in [6.45, 7) is 10.4. The summed E-state index contributed by atoms with van der Waals surface area (Å²) in [7, 11) is 0. The van der Waals surface area contributed by atoms with Crippen molar-refractivity contribution in [2.75, 3.05) is 13.1 Å². The normalized spacial score (nSPS) is 17.1. The van der Waals surface area contributed by atoms with Crippen LogP contribution in [0.5, 0.6) is 0 Å². The second kappa shape index (κ2) is 7.13. The van der Waals surface area contributed by atoms with E-state index in [4.69, 9.17) is 0 Å². The number of fused-ring (bicyclic) bond motifs is 1. The highest BCUT2D eigenvalue weighted by Gasteiger charge is 2.36. The van der Waals surface area contributed by atoms with Gasteiger partial charge in [-0.25, -0.2) is 4.68 Å². The lowest BCUT2D eigenvalue weighted by atomic mass is 9.99. The van der Waals surface area contributed by atoms with Crippen molar-refractivity contribution in [3.8, 4) is 0 Å². The van der Waals surface area contributed by atoms with Crippen LogP contribution in [-0.4, -0.2) is 38.3 Å². The number of aromatic nitrogens is 5. The van der Waals surface area contributed by atoms with Gasteiger partial charge in [0.15, 0.2) is 6.04 Å². The van der Waals surface area contributed by atoms with Gasteiger partial charge in [0.1, 0.15) is 0 Å². The number of aryl methyl sites for hydroxylation is 1. The van der Waals surface area contributed by atoms with E-state index < -0.39 is 0 Å². The van der Waals surface area contributed by atoms with Crippen molar-refractivity contribution in [2.24, 2.45) is 0 Å². The van der Waals surface area contributed by atoms with E-state index in [1.54, 1.807) is 0 Å². The zero-order valence-corrected chi connectivity index (χ0v) is 17.1. The minimum Gasteiger partial charge on any atom is -0.322 e. The molecule has 7 heteroatoms. The molecule has 28 heavy (non-hydrogen) atoms. The van der Waals surface area contributed by atoms with Crippen molar-refractivity contribution >= 4 is 10.9 Å². The van der Waals surface area contributed by atoms with Crippen molar-refractivity contribution < 1.29 is 4.90 Å². The lowest BCUT2D eigenvalue weighted by Gasteiger charge is -2.32. The van der Waals surface area contributed by atoms with Crippen molar-refractivity contribution in [3.63, 3.8) is 0 Å². The van der Waals surface area contributed by atoms with Gasteiger partial charge in [-0.15, -0.1) is 5.10 Å². The average molecular weight is 382 g/mol. The number of hydrogen-bond acceptors (Lipinski definition) is 4. The fourth-order valence-electron chi connectivity index (χ4n) is 4.25. The molecule has 0 spiro atoms. The summed E-state index contributed by atoms with van der Waals surface area (Å²) in [5.41, 5.74) is 2.47. The van der Waals surface area contributed by atoms with Crippen molar-refractivity contribution in [1.29, 1.82) is 0 Å². The summed E-state index contributed by atoms with van der Waals surface area (Å²) in [5.74, 6) is 0.766. The van der Waals surface area contributed by atoms with Crippen LogP contribution in [0.15, 0.2) is 29.1 Å². The maximum Gasteiger partial charge on any atom is 0.258 e. The van der Waals surface area contributed by atoms with Crippen LogP contribution in [0.1, 0.15) is 63.0 Å². The molecular weight excluding hydrogens is 352 g/mol. The van der Waals surface area contributed by atoms with E-state index in [0.717, 1.165) is 48.2 Å². The van der Waals surface area contributed by atoms with E-state index in [1.807, 2.05) is 22.9 Å². The van der Waals surface area contributed by atoms with E-state index in [1.165, 1.54) is 16.9 Å². The first-order chi connectivity index (χ1) is 13.3. The van der Waals surface area contributed by atoms with Crippen LogP contribution in [0.2, 0.25) is 0 Å². The second-order valence-corrected chi connectivity index (χ2v) is 8.92. The summed E-state index contributed by atoms with van der Waals surface area (Å²) in [6.07, 6.45) is 3.56. The number of aromatic amines is 1. The van der Waals surface area contributed by atoms with E-state index in [9.17, 15) is 4.79 Å². The molecule has 1 aromatic carbocycles. The molecule has 3 heterocycles. The Kier molecular flexibility index (Phi) is 4.79. The van der Waals surface area contributed by atoms with Gasteiger partial charge < -0.3 is 9.88 Å². The van der Waals surface area contributed by atoms with Crippen molar-refractivity contribution in [3.05, 3.63) is 51.6 Å². The van der Waals surface area contributed by atoms with E-state index >= 15 is 0 Å². The molecule has 2 aromatic heterocycles. The van der Waals surface area contributed by atoms with Gasteiger partial charge in [-0.3, -0.25) is 4.79 Å². The zero-order chi connectivity index (χ0) is 19.9. The molecule has 1 saturated heterocycles. The third kappa shape index (κ3) is 3.46. The smallest absolute Gasteiger partial charge is 0.258 e. The topological polar surface area (TPSA) is 80.9 Å². The van der Waals surface area contributed by atoms with Crippen molar-refractivity contribution in [1.82, 2.24) is 25.2 Å². The SMILES string of the molecule is Cc1ccc2[nH]c(=O)c([C@@H](c3nnnn3C(C)(C)C)[NH+]3CCCCC3)cc2c1. The van der Waals surface area contributed by atoms with Gasteiger partial charge in [0, 0.05) is 5.52 Å². The molecule has 0 unspecified atom stereocenters. The molecule has 1 atom stereocenters. The molecule has 0 amide bonds. The molecule has 1 aliphatic rings. The molecule has 2 N–H and O–H groups in total. The average Bonchev–Trinajstić information content (AvgIpc) is 3.13. The largest absolute Gasteiger partial charge is 0.322 e. The van der Waals surface area contributed by atoms with Gasteiger partial charge in [0.2, 0.25) is 5.82 Å². The Morgan fingerprint density at radius 2 is 1.89 bits per heavy atom. The van der Waals surface area contributed by atoms with Crippen molar-refractivity contribution in [2.45, 2.75) is 58.5 Å². The Labute approximate surface area is 164 Å². The van der Waals surface area contributed by atoms with Gasteiger partial charge in [-0.1, -0.05) is 11.6 Å². The first kappa shape index (κ1) is 18.8. The van der Waals surface area contributed by atoms with E-state index in [0.29, 0.717) is 0 Å². The number of nitrogens with zero attached hydrogens (tertiary/aromatic N) is 4. The van der Waals surface area contributed by atoms with Crippen LogP contribution in [0.4, 0.5) is 0 Å². The van der Waals surface area contributed by atoms with Crippen LogP contribution in [-0.2, 0) is 5.54 Å². The van der Waals surface area contributed by atoms with Crippen LogP contribution in [0.3, 0.4) is 0 Å². The molecule has 7 nitrogen and oxygen atoms in total. The number of pyridine rings is 1. The molecule has 0 radical (unpaired) electrons. The molecule has 0 aliphatic carbocycles. The monoisotopic (exact) mass is 381 g/mol. The molecular formula is C21H29N6O+. The maximum absolute atomic E-state index is 13.1. The molecule has 3 aromatic rings. The number of tetrazole rings is 1. The van der Waals surface area contributed by atoms with Gasteiger partial charge >= 0.3 is 0 Å². The first-order valence-electron chi connectivity index (χ1n) is 10.1. The Balaban J connectivity index is 1.92. The Morgan fingerprint density at radius 1 is 1.14 bits per heavy atom. The highest BCUT2D eigenvalue weighted by molar-refractivity contribution is 5.79. The highest BCUT2D eigenvalue weighted by Crippen LogP contribution is 2.23. The Morgan fingerprint density at radius 3 is 2.61 bits per heavy atom. The van der Waals surface area contributed by atoms with Crippen LogP contribution < -0.4 is 10.5 Å².